The third kappa shape index (κ3) is 4.11. The van der Waals surface area contributed by atoms with Gasteiger partial charge >= 0.3 is 5.97 Å². The molecule has 1 fully saturated rings. The van der Waals surface area contributed by atoms with Gasteiger partial charge in [0.2, 0.25) is 0 Å². The van der Waals surface area contributed by atoms with E-state index in [1.54, 1.807) is 25.3 Å². The van der Waals surface area contributed by atoms with Crippen LogP contribution in [-0.2, 0) is 4.74 Å². The quantitative estimate of drug-likeness (QED) is 0.843. The molecule has 0 amide bonds. The summed E-state index contributed by atoms with van der Waals surface area (Å²) in [5.74, 6) is -0.268. The number of rotatable bonds is 6. The standard InChI is InChI=1S/C16H23NO4/c1-3-4-13-10-12(7-8-21-13)17-14-9-11(16(18)19)5-6-15(14)20-2/h5-6,9,12-13,17H,3-4,7-8,10H2,1-2H3,(H,18,19). The molecule has 0 aromatic heterocycles. The number of carbonyl (C=O) groups is 1. The molecule has 5 nitrogen and oxygen atoms in total. The molecule has 2 N–H and O–H groups in total. The largest absolute Gasteiger partial charge is 0.495 e. The van der Waals surface area contributed by atoms with E-state index in [0.29, 0.717) is 5.75 Å². The average Bonchev–Trinajstić information content (AvgIpc) is 2.48. The van der Waals surface area contributed by atoms with Crippen LogP contribution in [0.25, 0.3) is 0 Å². The van der Waals surface area contributed by atoms with Crippen LogP contribution in [0.3, 0.4) is 0 Å². The topological polar surface area (TPSA) is 67.8 Å². The zero-order chi connectivity index (χ0) is 15.2. The first-order valence-corrected chi connectivity index (χ1v) is 7.43. The molecule has 1 aromatic rings. The number of benzene rings is 1. The van der Waals surface area contributed by atoms with E-state index in [9.17, 15) is 4.79 Å². The van der Waals surface area contributed by atoms with Crippen molar-refractivity contribution < 1.29 is 19.4 Å². The minimum Gasteiger partial charge on any atom is -0.495 e. The van der Waals surface area contributed by atoms with E-state index in [1.165, 1.54) is 0 Å². The fourth-order valence-corrected chi connectivity index (χ4v) is 2.71. The maximum absolute atomic E-state index is 11.1. The summed E-state index contributed by atoms with van der Waals surface area (Å²) in [7, 11) is 1.59. The van der Waals surface area contributed by atoms with Gasteiger partial charge in [-0.25, -0.2) is 4.79 Å². The number of carboxylic acids is 1. The Labute approximate surface area is 125 Å². The van der Waals surface area contributed by atoms with Gasteiger partial charge in [-0.1, -0.05) is 13.3 Å². The second-order valence-corrected chi connectivity index (χ2v) is 5.37. The summed E-state index contributed by atoms with van der Waals surface area (Å²) in [4.78, 5) is 11.1. The molecule has 2 rings (SSSR count). The lowest BCUT2D eigenvalue weighted by Gasteiger charge is -2.31. The van der Waals surface area contributed by atoms with Crippen LogP contribution in [-0.4, -0.2) is 36.9 Å². The molecule has 2 atom stereocenters. The number of aromatic carboxylic acids is 1. The molecule has 5 heteroatoms. The van der Waals surface area contributed by atoms with Crippen molar-refractivity contribution in [3.63, 3.8) is 0 Å². The van der Waals surface area contributed by atoms with Crippen molar-refractivity contribution in [1.29, 1.82) is 0 Å². The minimum atomic E-state index is -0.934. The molecular formula is C16H23NO4. The lowest BCUT2D eigenvalue weighted by molar-refractivity contribution is 0.00594. The Morgan fingerprint density at radius 2 is 2.33 bits per heavy atom. The van der Waals surface area contributed by atoms with E-state index in [1.807, 2.05) is 0 Å². The average molecular weight is 293 g/mol. The molecule has 21 heavy (non-hydrogen) atoms. The van der Waals surface area contributed by atoms with Crippen molar-refractivity contribution in [1.82, 2.24) is 0 Å². The van der Waals surface area contributed by atoms with Gasteiger partial charge in [-0.05, 0) is 37.5 Å². The zero-order valence-electron chi connectivity index (χ0n) is 12.6. The van der Waals surface area contributed by atoms with Crippen LogP contribution in [0.5, 0.6) is 5.75 Å². The number of nitrogens with one attached hydrogen (secondary N) is 1. The second kappa shape index (κ2) is 7.31. The van der Waals surface area contributed by atoms with Gasteiger partial charge in [0.25, 0.3) is 0 Å². The van der Waals surface area contributed by atoms with Crippen LogP contribution in [0, 0.1) is 0 Å². The molecule has 2 unspecified atom stereocenters. The van der Waals surface area contributed by atoms with Gasteiger partial charge < -0.3 is 19.9 Å². The highest BCUT2D eigenvalue weighted by Crippen LogP contribution is 2.29. The summed E-state index contributed by atoms with van der Waals surface area (Å²) in [6, 6.07) is 5.16. The van der Waals surface area contributed by atoms with Crippen molar-refractivity contribution in [2.24, 2.45) is 0 Å². The molecule has 1 saturated heterocycles. The van der Waals surface area contributed by atoms with Crippen LogP contribution < -0.4 is 10.1 Å². The SMILES string of the molecule is CCCC1CC(Nc2cc(C(=O)O)ccc2OC)CCO1. The molecule has 1 heterocycles. The monoisotopic (exact) mass is 293 g/mol. The first-order chi connectivity index (χ1) is 10.1. The van der Waals surface area contributed by atoms with Gasteiger partial charge in [-0.15, -0.1) is 0 Å². The molecule has 0 spiro atoms. The summed E-state index contributed by atoms with van der Waals surface area (Å²) in [5.41, 5.74) is 0.995. The zero-order valence-corrected chi connectivity index (χ0v) is 12.6. The summed E-state index contributed by atoms with van der Waals surface area (Å²) < 4.78 is 11.0. The number of hydrogen-bond donors (Lipinski definition) is 2. The maximum atomic E-state index is 11.1. The Morgan fingerprint density at radius 3 is 3.00 bits per heavy atom. The molecule has 0 saturated carbocycles. The summed E-state index contributed by atoms with van der Waals surface area (Å²) in [5, 5.41) is 12.5. The van der Waals surface area contributed by atoms with E-state index in [2.05, 4.69) is 12.2 Å². The van der Waals surface area contributed by atoms with Gasteiger partial charge in [0.15, 0.2) is 0 Å². The molecule has 0 bridgehead atoms. The smallest absolute Gasteiger partial charge is 0.335 e. The molecular weight excluding hydrogens is 270 g/mol. The van der Waals surface area contributed by atoms with E-state index in [-0.39, 0.29) is 17.7 Å². The van der Waals surface area contributed by atoms with Gasteiger partial charge in [0.05, 0.1) is 24.5 Å². The molecule has 0 radical (unpaired) electrons. The van der Waals surface area contributed by atoms with Crippen molar-refractivity contribution >= 4 is 11.7 Å². The Hall–Kier alpha value is -1.75. The van der Waals surface area contributed by atoms with Gasteiger partial charge in [0.1, 0.15) is 5.75 Å². The van der Waals surface area contributed by atoms with Crippen molar-refractivity contribution in [3.05, 3.63) is 23.8 Å². The molecule has 0 aliphatic carbocycles. The van der Waals surface area contributed by atoms with Gasteiger partial charge in [-0.2, -0.15) is 0 Å². The fourth-order valence-electron chi connectivity index (χ4n) is 2.71. The van der Waals surface area contributed by atoms with Crippen LogP contribution >= 0.6 is 0 Å². The van der Waals surface area contributed by atoms with Gasteiger partial charge in [0, 0.05) is 12.6 Å². The Morgan fingerprint density at radius 1 is 1.52 bits per heavy atom. The van der Waals surface area contributed by atoms with E-state index in [4.69, 9.17) is 14.6 Å². The maximum Gasteiger partial charge on any atom is 0.335 e. The number of methoxy groups -OCH3 is 1. The van der Waals surface area contributed by atoms with Gasteiger partial charge in [-0.3, -0.25) is 0 Å². The van der Waals surface area contributed by atoms with Crippen LogP contribution in [0.1, 0.15) is 43.0 Å². The van der Waals surface area contributed by atoms with Crippen molar-refractivity contribution in [2.45, 2.75) is 44.8 Å². The lowest BCUT2D eigenvalue weighted by Crippen LogP contribution is -2.34. The summed E-state index contributed by atoms with van der Waals surface area (Å²) in [6.45, 7) is 2.89. The third-order valence-corrected chi connectivity index (χ3v) is 3.78. The number of hydrogen-bond acceptors (Lipinski definition) is 4. The van der Waals surface area contributed by atoms with Crippen LogP contribution in [0.2, 0.25) is 0 Å². The fraction of sp³-hybridized carbons (Fsp3) is 0.562. The Balaban J connectivity index is 2.10. The van der Waals surface area contributed by atoms with E-state index in [0.717, 1.165) is 38.0 Å². The normalized spacial score (nSPS) is 21.8. The highest BCUT2D eigenvalue weighted by molar-refractivity contribution is 5.89. The van der Waals surface area contributed by atoms with Crippen molar-refractivity contribution in [2.75, 3.05) is 19.0 Å². The van der Waals surface area contributed by atoms with E-state index >= 15 is 0 Å². The first-order valence-electron chi connectivity index (χ1n) is 7.43. The minimum absolute atomic E-state index is 0.260. The van der Waals surface area contributed by atoms with E-state index < -0.39 is 5.97 Å². The highest BCUT2D eigenvalue weighted by atomic mass is 16.5. The Bertz CT molecular complexity index is 487. The second-order valence-electron chi connectivity index (χ2n) is 5.37. The van der Waals surface area contributed by atoms with Crippen LogP contribution in [0.4, 0.5) is 5.69 Å². The molecule has 1 aliphatic heterocycles. The highest BCUT2D eigenvalue weighted by Gasteiger charge is 2.23. The Kier molecular flexibility index (Phi) is 5.44. The first kappa shape index (κ1) is 15.6. The summed E-state index contributed by atoms with van der Waals surface area (Å²) >= 11 is 0. The number of ether oxygens (including phenoxy) is 2. The summed E-state index contributed by atoms with van der Waals surface area (Å²) in [6.07, 6.45) is 4.31. The predicted octanol–water partition coefficient (Wildman–Crippen LogP) is 3.15. The lowest BCUT2D eigenvalue weighted by atomic mass is 9.99. The molecule has 116 valence electrons. The molecule has 1 aromatic carbocycles. The predicted molar refractivity (Wildman–Crippen MR) is 81.2 cm³/mol. The number of anilines is 1. The number of carboxylic acid groups (broad SMARTS) is 1. The molecule has 1 aliphatic rings. The third-order valence-electron chi connectivity index (χ3n) is 3.78. The van der Waals surface area contributed by atoms with Crippen LogP contribution in [0.15, 0.2) is 18.2 Å². The van der Waals surface area contributed by atoms with Crippen molar-refractivity contribution in [3.8, 4) is 5.75 Å².